The molecule has 0 aromatic heterocycles. The summed E-state index contributed by atoms with van der Waals surface area (Å²) in [5, 5.41) is 5.26. The monoisotopic (exact) mass is 299 g/mol. The van der Waals surface area contributed by atoms with Gasteiger partial charge in [0.15, 0.2) is 0 Å². The number of benzene rings is 1. The Kier molecular flexibility index (Phi) is 4.96. The Hall–Kier alpha value is -1.56. The third-order valence-electron chi connectivity index (χ3n) is 2.04. The molecule has 6 heteroatoms. The molecule has 2 amide bonds. The number of hydrogen-bond acceptors (Lipinski definition) is 3. The molecule has 0 aliphatic carbocycles. The van der Waals surface area contributed by atoms with Crippen molar-refractivity contribution in [1.29, 1.82) is 0 Å². The zero-order valence-electron chi connectivity index (χ0n) is 9.42. The molecule has 0 aliphatic heterocycles. The number of anilines is 1. The van der Waals surface area contributed by atoms with Gasteiger partial charge in [-0.25, -0.2) is 0 Å². The van der Waals surface area contributed by atoms with Crippen LogP contribution < -0.4 is 16.4 Å². The summed E-state index contributed by atoms with van der Waals surface area (Å²) in [7, 11) is 0. The highest BCUT2D eigenvalue weighted by molar-refractivity contribution is 9.10. The van der Waals surface area contributed by atoms with Crippen molar-refractivity contribution in [1.82, 2.24) is 10.6 Å². The van der Waals surface area contributed by atoms with Crippen LogP contribution in [0.15, 0.2) is 22.7 Å². The first-order chi connectivity index (χ1) is 8.00. The lowest BCUT2D eigenvalue weighted by atomic mass is 10.2. The summed E-state index contributed by atoms with van der Waals surface area (Å²) in [4.78, 5) is 22.3. The highest BCUT2D eigenvalue weighted by atomic mass is 79.9. The summed E-state index contributed by atoms with van der Waals surface area (Å²) in [6, 6.07) is 4.99. The van der Waals surface area contributed by atoms with Crippen LogP contribution in [-0.2, 0) is 4.79 Å². The van der Waals surface area contributed by atoms with E-state index >= 15 is 0 Å². The van der Waals surface area contributed by atoms with Gasteiger partial charge in [-0.15, -0.1) is 0 Å². The first-order valence-electron chi connectivity index (χ1n) is 5.08. The molecule has 0 aliphatic rings. The van der Waals surface area contributed by atoms with Crippen molar-refractivity contribution >= 4 is 33.4 Å². The number of halogens is 1. The lowest BCUT2D eigenvalue weighted by molar-refractivity contribution is -0.118. The number of carbonyl (C=O) groups is 2. The van der Waals surface area contributed by atoms with Crippen LogP contribution in [0.5, 0.6) is 0 Å². The Morgan fingerprint density at radius 1 is 1.29 bits per heavy atom. The van der Waals surface area contributed by atoms with Crippen LogP contribution in [0.25, 0.3) is 0 Å². The molecule has 0 bridgehead atoms. The van der Waals surface area contributed by atoms with Crippen molar-refractivity contribution in [3.63, 3.8) is 0 Å². The number of rotatable bonds is 4. The van der Waals surface area contributed by atoms with Crippen molar-refractivity contribution in [3.8, 4) is 0 Å². The fraction of sp³-hybridized carbons (Fsp3) is 0.273. The molecule has 0 heterocycles. The molecule has 1 aromatic carbocycles. The van der Waals surface area contributed by atoms with Gasteiger partial charge < -0.3 is 16.4 Å². The number of nitrogens with two attached hydrogens (primary N) is 1. The SMILES string of the molecule is CC(=O)NCCNC(=O)c1ccc(Br)c(N)c1. The predicted molar refractivity (Wildman–Crippen MR) is 69.6 cm³/mol. The number of hydrogen-bond donors (Lipinski definition) is 3. The Morgan fingerprint density at radius 3 is 2.53 bits per heavy atom. The van der Waals surface area contributed by atoms with Gasteiger partial charge in [0.1, 0.15) is 0 Å². The summed E-state index contributed by atoms with van der Waals surface area (Å²) < 4.78 is 0.757. The molecule has 0 unspecified atom stereocenters. The van der Waals surface area contributed by atoms with Crippen molar-refractivity contribution < 1.29 is 9.59 Å². The topological polar surface area (TPSA) is 84.2 Å². The third-order valence-corrected chi connectivity index (χ3v) is 2.76. The van der Waals surface area contributed by atoms with E-state index in [0.29, 0.717) is 24.3 Å². The second kappa shape index (κ2) is 6.24. The van der Waals surface area contributed by atoms with Gasteiger partial charge in [-0.2, -0.15) is 0 Å². The molecule has 0 saturated heterocycles. The minimum atomic E-state index is -0.213. The van der Waals surface area contributed by atoms with Gasteiger partial charge in [-0.05, 0) is 34.1 Å². The summed E-state index contributed by atoms with van der Waals surface area (Å²) in [6.45, 7) is 2.22. The highest BCUT2D eigenvalue weighted by Crippen LogP contribution is 2.19. The van der Waals surface area contributed by atoms with E-state index in [4.69, 9.17) is 5.73 Å². The summed E-state index contributed by atoms with van der Waals surface area (Å²) >= 11 is 3.25. The predicted octanol–water partition coefficient (Wildman–Crippen LogP) is 0.897. The number of carbonyl (C=O) groups excluding carboxylic acids is 2. The Bertz CT molecular complexity index is 435. The fourth-order valence-electron chi connectivity index (χ4n) is 1.20. The average molecular weight is 300 g/mol. The van der Waals surface area contributed by atoms with Crippen LogP contribution in [0.3, 0.4) is 0 Å². The second-order valence-corrected chi connectivity index (χ2v) is 4.33. The molecule has 5 nitrogen and oxygen atoms in total. The Morgan fingerprint density at radius 2 is 1.94 bits per heavy atom. The quantitative estimate of drug-likeness (QED) is 0.570. The van der Waals surface area contributed by atoms with Gasteiger partial charge in [0, 0.05) is 35.7 Å². The normalized spacial score (nSPS) is 9.76. The summed E-state index contributed by atoms with van der Waals surface area (Å²) in [5.74, 6) is -0.332. The molecule has 4 N–H and O–H groups in total. The Labute approximate surface area is 108 Å². The number of nitrogens with one attached hydrogen (secondary N) is 2. The van der Waals surface area contributed by atoms with E-state index in [1.165, 1.54) is 6.92 Å². The van der Waals surface area contributed by atoms with Gasteiger partial charge in [-0.1, -0.05) is 0 Å². The molecule has 0 radical (unpaired) electrons. The van der Waals surface area contributed by atoms with E-state index in [1.807, 2.05) is 0 Å². The van der Waals surface area contributed by atoms with Crippen LogP contribution in [-0.4, -0.2) is 24.9 Å². The molecule has 0 atom stereocenters. The molecule has 1 rings (SSSR count). The minimum Gasteiger partial charge on any atom is -0.398 e. The lowest BCUT2D eigenvalue weighted by Gasteiger charge is -2.06. The first kappa shape index (κ1) is 13.5. The van der Waals surface area contributed by atoms with Crippen molar-refractivity contribution in [2.45, 2.75) is 6.92 Å². The van der Waals surface area contributed by atoms with E-state index < -0.39 is 0 Å². The van der Waals surface area contributed by atoms with E-state index in [0.717, 1.165) is 4.47 Å². The lowest BCUT2D eigenvalue weighted by Crippen LogP contribution is -2.33. The molecule has 1 aromatic rings. The maximum Gasteiger partial charge on any atom is 0.251 e. The van der Waals surface area contributed by atoms with Crippen LogP contribution in [0.2, 0.25) is 0 Å². The fourth-order valence-corrected chi connectivity index (χ4v) is 1.45. The first-order valence-corrected chi connectivity index (χ1v) is 5.87. The summed E-state index contributed by atoms with van der Waals surface area (Å²) in [5.41, 5.74) is 6.68. The molecule has 92 valence electrons. The molecule has 17 heavy (non-hydrogen) atoms. The number of amides is 2. The average Bonchev–Trinajstić information content (AvgIpc) is 2.27. The molecule has 0 spiro atoms. The molecule has 0 fully saturated rings. The van der Waals surface area contributed by atoms with E-state index in [2.05, 4.69) is 26.6 Å². The van der Waals surface area contributed by atoms with Gasteiger partial charge in [-0.3, -0.25) is 9.59 Å². The van der Waals surface area contributed by atoms with Crippen molar-refractivity contribution in [2.75, 3.05) is 18.8 Å². The van der Waals surface area contributed by atoms with Crippen molar-refractivity contribution in [2.24, 2.45) is 0 Å². The van der Waals surface area contributed by atoms with Gasteiger partial charge in [0.2, 0.25) is 5.91 Å². The highest BCUT2D eigenvalue weighted by Gasteiger charge is 2.06. The standard InChI is InChI=1S/C11H14BrN3O2/c1-7(16)14-4-5-15-11(17)8-2-3-9(12)10(13)6-8/h2-3,6H,4-5,13H2,1H3,(H,14,16)(H,15,17). The van der Waals surface area contributed by atoms with Gasteiger partial charge >= 0.3 is 0 Å². The van der Waals surface area contributed by atoms with Gasteiger partial charge in [0.25, 0.3) is 5.91 Å². The zero-order chi connectivity index (χ0) is 12.8. The molecular weight excluding hydrogens is 286 g/mol. The smallest absolute Gasteiger partial charge is 0.251 e. The van der Waals surface area contributed by atoms with Crippen LogP contribution in [0, 0.1) is 0 Å². The largest absolute Gasteiger partial charge is 0.398 e. The second-order valence-electron chi connectivity index (χ2n) is 3.48. The molecular formula is C11H14BrN3O2. The maximum absolute atomic E-state index is 11.7. The van der Waals surface area contributed by atoms with E-state index in [9.17, 15) is 9.59 Å². The van der Waals surface area contributed by atoms with Crippen LogP contribution >= 0.6 is 15.9 Å². The Balaban J connectivity index is 2.47. The third kappa shape index (κ3) is 4.44. The number of nitrogen functional groups attached to an aromatic ring is 1. The zero-order valence-corrected chi connectivity index (χ0v) is 11.0. The van der Waals surface area contributed by atoms with E-state index in [-0.39, 0.29) is 11.8 Å². The summed E-state index contributed by atoms with van der Waals surface area (Å²) in [6.07, 6.45) is 0. The van der Waals surface area contributed by atoms with Crippen LogP contribution in [0.4, 0.5) is 5.69 Å². The maximum atomic E-state index is 11.7. The molecule has 0 saturated carbocycles. The van der Waals surface area contributed by atoms with Gasteiger partial charge in [0.05, 0.1) is 0 Å². The van der Waals surface area contributed by atoms with Crippen LogP contribution in [0.1, 0.15) is 17.3 Å². The van der Waals surface area contributed by atoms with E-state index in [1.54, 1.807) is 18.2 Å². The van der Waals surface area contributed by atoms with Crippen molar-refractivity contribution in [3.05, 3.63) is 28.2 Å². The minimum absolute atomic E-state index is 0.118.